The lowest BCUT2D eigenvalue weighted by atomic mass is 9.71. The smallest absolute Gasteiger partial charge is 0.189 e. The highest BCUT2D eigenvalue weighted by molar-refractivity contribution is 5.93. The van der Waals surface area contributed by atoms with E-state index in [0.29, 0.717) is 36.3 Å². The summed E-state index contributed by atoms with van der Waals surface area (Å²) in [5.74, 6) is 0.0744. The lowest BCUT2D eigenvalue weighted by Crippen LogP contribution is -2.45. The third kappa shape index (κ3) is 3.09. The molecule has 25 heavy (non-hydrogen) atoms. The fraction of sp³-hybridized carbons (Fsp3) is 0.450. The summed E-state index contributed by atoms with van der Waals surface area (Å²) in [6.45, 7) is 7.63. The van der Waals surface area contributed by atoms with E-state index < -0.39 is 5.60 Å². The minimum atomic E-state index is -0.701. The van der Waals surface area contributed by atoms with Crippen LogP contribution in [0.25, 0.3) is 0 Å². The molecule has 0 unspecified atom stereocenters. The van der Waals surface area contributed by atoms with Gasteiger partial charge in [-0.1, -0.05) is 13.0 Å². The molecule has 3 rings (SSSR count). The summed E-state index contributed by atoms with van der Waals surface area (Å²) in [5.41, 5.74) is 7.09. The van der Waals surface area contributed by atoms with Crippen molar-refractivity contribution in [3.05, 3.63) is 53.6 Å². The minimum absolute atomic E-state index is 0.0361. The molecule has 5 heteroatoms. The second-order valence-electron chi connectivity index (χ2n) is 7.04. The normalized spacial score (nSPS) is 26.6. The van der Waals surface area contributed by atoms with Crippen LogP contribution in [0.3, 0.4) is 0 Å². The molecule has 0 amide bonds. The number of halogens is 1. The zero-order valence-electron chi connectivity index (χ0n) is 14.7. The summed E-state index contributed by atoms with van der Waals surface area (Å²) in [6.07, 6.45) is 4.85. The molecular formula is C20H24FNO3. The number of fused-ring (bicyclic) bond motifs is 1. The van der Waals surface area contributed by atoms with Gasteiger partial charge in [0.1, 0.15) is 17.2 Å². The largest absolute Gasteiger partial charge is 0.469 e. The van der Waals surface area contributed by atoms with Gasteiger partial charge >= 0.3 is 0 Å². The Morgan fingerprint density at radius 1 is 1.52 bits per heavy atom. The van der Waals surface area contributed by atoms with E-state index >= 15 is 0 Å². The van der Waals surface area contributed by atoms with Gasteiger partial charge < -0.3 is 15.2 Å². The fourth-order valence-electron chi connectivity index (χ4n) is 3.80. The highest BCUT2D eigenvalue weighted by atomic mass is 19.1. The van der Waals surface area contributed by atoms with Gasteiger partial charge in [0.2, 0.25) is 0 Å². The second-order valence-corrected chi connectivity index (χ2v) is 7.04. The van der Waals surface area contributed by atoms with E-state index in [9.17, 15) is 9.18 Å². The Morgan fingerprint density at radius 2 is 2.28 bits per heavy atom. The number of rotatable bonds is 5. The number of carbonyl (C=O) groups is 1. The second kappa shape index (κ2) is 6.64. The summed E-state index contributed by atoms with van der Waals surface area (Å²) in [4.78, 5) is 12.2. The molecule has 1 aromatic carbocycles. The minimum Gasteiger partial charge on any atom is -0.469 e. The number of carbonyl (C=O) groups excluding carboxylic acids is 1. The van der Waals surface area contributed by atoms with Crippen molar-refractivity contribution in [1.29, 1.82) is 0 Å². The highest BCUT2D eigenvalue weighted by Crippen LogP contribution is 2.46. The van der Waals surface area contributed by atoms with Crippen molar-refractivity contribution in [2.24, 2.45) is 11.8 Å². The fourth-order valence-corrected chi connectivity index (χ4v) is 3.80. The maximum atomic E-state index is 14.3. The number of benzene rings is 1. The third-order valence-corrected chi connectivity index (χ3v) is 5.38. The summed E-state index contributed by atoms with van der Waals surface area (Å²) in [5, 5.41) is 0. The molecule has 0 spiro atoms. The molecule has 3 atom stereocenters. The molecule has 1 saturated heterocycles. The molecule has 1 aliphatic heterocycles. The molecule has 0 aromatic heterocycles. The van der Waals surface area contributed by atoms with E-state index in [1.165, 1.54) is 6.07 Å². The van der Waals surface area contributed by atoms with E-state index in [4.69, 9.17) is 15.2 Å². The third-order valence-electron chi connectivity index (χ3n) is 5.38. The Labute approximate surface area is 147 Å². The van der Waals surface area contributed by atoms with Crippen LogP contribution in [0.4, 0.5) is 10.1 Å². The van der Waals surface area contributed by atoms with Crippen LogP contribution < -0.4 is 5.73 Å². The Morgan fingerprint density at radius 3 is 3.00 bits per heavy atom. The summed E-state index contributed by atoms with van der Waals surface area (Å²) in [7, 11) is 0. The predicted molar refractivity (Wildman–Crippen MR) is 94.2 cm³/mol. The number of hydrogen-bond acceptors (Lipinski definition) is 4. The predicted octanol–water partition coefficient (Wildman–Crippen LogP) is 3.69. The van der Waals surface area contributed by atoms with Gasteiger partial charge in [0.05, 0.1) is 0 Å². The first-order valence-corrected chi connectivity index (χ1v) is 8.55. The van der Waals surface area contributed by atoms with Crippen molar-refractivity contribution in [1.82, 2.24) is 0 Å². The summed E-state index contributed by atoms with van der Waals surface area (Å²) in [6, 6.07) is 3.15. The Kier molecular flexibility index (Phi) is 4.69. The van der Waals surface area contributed by atoms with Crippen LogP contribution in [-0.2, 0) is 20.7 Å². The number of hydrogen-bond donors (Lipinski definition) is 1. The topological polar surface area (TPSA) is 61.6 Å². The maximum absolute atomic E-state index is 14.3. The first kappa shape index (κ1) is 17.7. The van der Waals surface area contributed by atoms with Gasteiger partial charge in [-0.2, -0.15) is 0 Å². The highest BCUT2D eigenvalue weighted by Gasteiger charge is 2.51. The van der Waals surface area contributed by atoms with Gasteiger partial charge in [-0.15, -0.1) is 6.58 Å². The van der Waals surface area contributed by atoms with Crippen molar-refractivity contribution in [3.63, 3.8) is 0 Å². The van der Waals surface area contributed by atoms with Crippen molar-refractivity contribution >= 4 is 11.5 Å². The van der Waals surface area contributed by atoms with E-state index in [2.05, 4.69) is 6.58 Å². The summed E-state index contributed by atoms with van der Waals surface area (Å²) < 4.78 is 25.9. The molecule has 1 aromatic rings. The van der Waals surface area contributed by atoms with Crippen LogP contribution in [0, 0.1) is 24.6 Å². The van der Waals surface area contributed by atoms with Crippen molar-refractivity contribution in [2.75, 3.05) is 12.5 Å². The van der Waals surface area contributed by atoms with Crippen molar-refractivity contribution in [3.8, 4) is 0 Å². The molecular weight excluding hydrogens is 321 g/mol. The number of ketones is 1. The monoisotopic (exact) mass is 345 g/mol. The molecule has 2 N–H and O–H groups in total. The molecule has 0 bridgehead atoms. The van der Waals surface area contributed by atoms with E-state index in [0.717, 1.165) is 5.56 Å². The molecule has 4 nitrogen and oxygen atoms in total. The lowest BCUT2D eigenvalue weighted by molar-refractivity contribution is -0.123. The molecule has 0 saturated carbocycles. The van der Waals surface area contributed by atoms with Crippen LogP contribution in [0.15, 0.2) is 36.6 Å². The Balaban J connectivity index is 1.90. The maximum Gasteiger partial charge on any atom is 0.189 e. The first-order chi connectivity index (χ1) is 11.9. The number of ether oxygens (including phenoxy) is 2. The van der Waals surface area contributed by atoms with Crippen LogP contribution in [0.5, 0.6) is 0 Å². The zero-order valence-corrected chi connectivity index (χ0v) is 14.7. The van der Waals surface area contributed by atoms with E-state index in [1.54, 1.807) is 25.1 Å². The standard InChI is InChI=1S/C20H24FNO3/c1-4-5-14-10-20(19(9-18(14)23)24-11-25-20)13(3)7-15-8-17(22)12(2)6-16(15)21/h4,6,8-9,13-14H,1,5,7,10-11,22H2,2-3H3/t13-,14-,20+/m0/s1. The molecule has 0 radical (unpaired) electrons. The molecule has 1 aliphatic carbocycles. The number of anilines is 1. The van der Waals surface area contributed by atoms with Crippen LogP contribution in [0.2, 0.25) is 0 Å². The van der Waals surface area contributed by atoms with Crippen molar-refractivity contribution < 1.29 is 18.7 Å². The van der Waals surface area contributed by atoms with Gasteiger partial charge in [-0.05, 0) is 55.4 Å². The molecule has 1 fully saturated rings. The number of nitrogen functional groups attached to an aromatic ring is 1. The quantitative estimate of drug-likeness (QED) is 0.653. The number of aryl methyl sites for hydroxylation is 1. The average Bonchev–Trinajstić information content (AvgIpc) is 2.97. The van der Waals surface area contributed by atoms with Crippen LogP contribution >= 0.6 is 0 Å². The van der Waals surface area contributed by atoms with Crippen molar-refractivity contribution in [2.45, 2.75) is 38.7 Å². The number of allylic oxidation sites excluding steroid dienone is 2. The molecule has 2 aliphatic rings. The Hall–Kier alpha value is -2.14. The zero-order chi connectivity index (χ0) is 18.2. The number of nitrogens with two attached hydrogens (primary N) is 1. The Bertz CT molecular complexity index is 743. The van der Waals surface area contributed by atoms with Gasteiger partial charge in [-0.3, -0.25) is 4.79 Å². The van der Waals surface area contributed by atoms with Gasteiger partial charge in [0, 0.05) is 17.7 Å². The van der Waals surface area contributed by atoms with E-state index in [-0.39, 0.29) is 30.2 Å². The van der Waals surface area contributed by atoms with Gasteiger partial charge in [0.25, 0.3) is 0 Å². The lowest BCUT2D eigenvalue weighted by Gasteiger charge is -2.38. The van der Waals surface area contributed by atoms with Crippen LogP contribution in [-0.4, -0.2) is 18.2 Å². The molecule has 134 valence electrons. The van der Waals surface area contributed by atoms with E-state index in [1.807, 2.05) is 6.92 Å². The SMILES string of the molecule is C=CC[C@H]1C[C@]2([C@@H](C)Cc3cc(N)c(C)cc3F)OCOC2=CC1=O. The van der Waals surface area contributed by atoms with Gasteiger partial charge in [-0.25, -0.2) is 4.39 Å². The first-order valence-electron chi connectivity index (χ1n) is 8.55. The van der Waals surface area contributed by atoms with Gasteiger partial charge in [0.15, 0.2) is 12.6 Å². The average molecular weight is 345 g/mol. The summed E-state index contributed by atoms with van der Waals surface area (Å²) >= 11 is 0. The molecule has 1 heterocycles. The van der Waals surface area contributed by atoms with Crippen LogP contribution in [0.1, 0.15) is 30.9 Å².